The second-order valence-electron chi connectivity index (χ2n) is 16.4. The van der Waals surface area contributed by atoms with E-state index < -0.39 is 13.9 Å². The van der Waals surface area contributed by atoms with Gasteiger partial charge in [-0.15, -0.1) is 0 Å². The molecule has 0 spiro atoms. The van der Waals surface area contributed by atoms with Crippen LogP contribution >= 0.6 is 7.82 Å². The van der Waals surface area contributed by atoms with Crippen LogP contribution < -0.4 is 0 Å². The number of nitrogens with zero attached hydrogens (tertiary/aromatic N) is 1. The van der Waals surface area contributed by atoms with Gasteiger partial charge in [-0.3, -0.25) is 13.8 Å². The highest BCUT2D eigenvalue weighted by molar-refractivity contribution is 7.47. The van der Waals surface area contributed by atoms with E-state index in [-0.39, 0.29) is 32.2 Å². The van der Waals surface area contributed by atoms with Gasteiger partial charge in [-0.1, -0.05) is 162 Å². The number of phosphoric ester groups is 1. The maximum atomic E-state index is 12.7. The topological polar surface area (TPSA) is 91.3 Å². The zero-order valence-corrected chi connectivity index (χ0v) is 39.8. The standard InChI is InChI=1S/C51H88NO7P/c1-6-8-10-12-14-16-18-20-22-23-24-25-26-27-28-29-30-32-34-36-38-40-42-44-51(53)59-50(49-58-60(54,55)57-47-45-52(3,4)5)48-56-46-43-41-39-37-35-33-31-21-19-17-15-13-11-9-7-2/h8,10,14,16,19-22,24-25,27-28,30,32,36,38,50H,6-7,9,11-13,15,17-18,23,26,29,31,33-35,37,39-49H2,1-5H3/p+1/b10-8-,16-14-,21-19-,22-20-,25-24-,28-27-,32-30-,38-36-. The number of hydrogen-bond donors (Lipinski definition) is 1. The number of esters is 1. The summed E-state index contributed by atoms with van der Waals surface area (Å²) in [4.78, 5) is 22.9. The molecule has 0 aliphatic rings. The zero-order chi connectivity index (χ0) is 44.1. The first-order valence-electron chi connectivity index (χ1n) is 23.5. The van der Waals surface area contributed by atoms with Gasteiger partial charge in [-0.05, 0) is 89.9 Å². The van der Waals surface area contributed by atoms with E-state index in [9.17, 15) is 14.3 Å². The van der Waals surface area contributed by atoms with Crippen molar-refractivity contribution in [2.75, 3.05) is 54.1 Å². The first-order valence-corrected chi connectivity index (χ1v) is 25.0. The van der Waals surface area contributed by atoms with Crippen LogP contribution in [0.15, 0.2) is 97.2 Å². The molecule has 0 fully saturated rings. The van der Waals surface area contributed by atoms with Gasteiger partial charge >= 0.3 is 13.8 Å². The molecule has 0 aromatic rings. The number of unbranched alkanes of at least 4 members (excludes halogenated alkanes) is 12. The predicted molar refractivity (Wildman–Crippen MR) is 256 cm³/mol. The smallest absolute Gasteiger partial charge is 0.457 e. The van der Waals surface area contributed by atoms with Gasteiger partial charge in [0.05, 0.1) is 34.4 Å². The molecule has 0 aliphatic heterocycles. The minimum absolute atomic E-state index is 0.0712. The van der Waals surface area contributed by atoms with Crippen molar-refractivity contribution in [1.82, 2.24) is 0 Å². The summed E-state index contributed by atoms with van der Waals surface area (Å²) in [5, 5.41) is 0. The van der Waals surface area contributed by atoms with Crippen LogP contribution in [0.25, 0.3) is 0 Å². The second kappa shape index (κ2) is 43.1. The number of likely N-dealkylation sites (N-methyl/N-ethyl adjacent to an activating group) is 1. The van der Waals surface area contributed by atoms with Crippen molar-refractivity contribution in [3.63, 3.8) is 0 Å². The van der Waals surface area contributed by atoms with Crippen LogP contribution in [0.3, 0.4) is 0 Å². The van der Waals surface area contributed by atoms with Crippen molar-refractivity contribution >= 4 is 13.8 Å². The van der Waals surface area contributed by atoms with Crippen molar-refractivity contribution in [2.24, 2.45) is 0 Å². The lowest BCUT2D eigenvalue weighted by molar-refractivity contribution is -0.870. The fourth-order valence-corrected chi connectivity index (χ4v) is 6.51. The Hall–Kier alpha value is -2.58. The number of carbonyl (C=O) groups is 1. The third kappa shape index (κ3) is 46.5. The molecule has 1 N–H and O–H groups in total. The molecule has 60 heavy (non-hydrogen) atoms. The molecule has 2 atom stereocenters. The molecule has 344 valence electrons. The minimum atomic E-state index is -4.30. The molecular formula is C51H89NO7P+. The van der Waals surface area contributed by atoms with Gasteiger partial charge in [-0.2, -0.15) is 0 Å². The van der Waals surface area contributed by atoms with Crippen molar-refractivity contribution in [2.45, 2.75) is 168 Å². The Balaban J connectivity index is 4.35. The van der Waals surface area contributed by atoms with Crippen LogP contribution in [-0.4, -0.2) is 75.6 Å². The molecule has 0 saturated carbocycles. The monoisotopic (exact) mass is 859 g/mol. The Morgan fingerprint density at radius 1 is 0.533 bits per heavy atom. The van der Waals surface area contributed by atoms with E-state index in [4.69, 9.17) is 18.5 Å². The normalized spacial score (nSPS) is 14.6. The average molecular weight is 859 g/mol. The molecule has 2 unspecified atom stereocenters. The molecule has 9 heteroatoms. The summed E-state index contributed by atoms with van der Waals surface area (Å²) in [6.45, 7) is 5.38. The molecular weight excluding hydrogens is 770 g/mol. The third-order valence-corrected chi connectivity index (χ3v) is 10.4. The maximum absolute atomic E-state index is 12.7. The number of quaternary nitrogens is 1. The molecule has 0 saturated heterocycles. The third-order valence-electron chi connectivity index (χ3n) is 9.38. The largest absolute Gasteiger partial charge is 0.472 e. The van der Waals surface area contributed by atoms with Crippen LogP contribution in [-0.2, 0) is 27.9 Å². The molecule has 0 rings (SSSR count). The fourth-order valence-electron chi connectivity index (χ4n) is 5.77. The van der Waals surface area contributed by atoms with Gasteiger partial charge in [0.1, 0.15) is 19.3 Å². The van der Waals surface area contributed by atoms with Crippen LogP contribution in [0.1, 0.15) is 162 Å². The molecule has 0 heterocycles. The number of ether oxygens (including phenoxy) is 2. The molecule has 0 aromatic carbocycles. The Bertz CT molecular complexity index is 1270. The first-order chi connectivity index (χ1) is 29.1. The summed E-state index contributed by atoms with van der Waals surface area (Å²) >= 11 is 0. The number of carbonyl (C=O) groups excluding carboxylic acids is 1. The number of allylic oxidation sites excluding steroid dienone is 16. The van der Waals surface area contributed by atoms with Crippen molar-refractivity contribution in [3.05, 3.63) is 97.2 Å². The molecule has 0 aliphatic carbocycles. The van der Waals surface area contributed by atoms with Gasteiger partial charge in [0, 0.05) is 13.0 Å². The second-order valence-corrected chi connectivity index (χ2v) is 17.9. The van der Waals surface area contributed by atoms with E-state index in [1.54, 1.807) is 0 Å². The van der Waals surface area contributed by atoms with Crippen LogP contribution in [0, 0.1) is 0 Å². The molecule has 0 aromatic heterocycles. The Morgan fingerprint density at radius 2 is 0.967 bits per heavy atom. The van der Waals surface area contributed by atoms with Crippen molar-refractivity contribution < 1.29 is 37.3 Å². The fraction of sp³-hybridized carbons (Fsp3) is 0.667. The summed E-state index contributed by atoms with van der Waals surface area (Å²) in [7, 11) is 1.61. The minimum Gasteiger partial charge on any atom is -0.457 e. The number of phosphoric acid groups is 1. The van der Waals surface area contributed by atoms with Gasteiger partial charge < -0.3 is 18.9 Å². The summed E-state index contributed by atoms with van der Waals surface area (Å²) in [5.74, 6) is -0.377. The van der Waals surface area contributed by atoms with E-state index in [2.05, 4.69) is 111 Å². The van der Waals surface area contributed by atoms with Crippen LogP contribution in [0.5, 0.6) is 0 Å². The number of rotatable bonds is 42. The lowest BCUT2D eigenvalue weighted by atomic mass is 10.1. The highest BCUT2D eigenvalue weighted by Gasteiger charge is 2.26. The summed E-state index contributed by atoms with van der Waals surface area (Å²) in [5.41, 5.74) is 0. The maximum Gasteiger partial charge on any atom is 0.472 e. The molecule has 0 bridgehead atoms. The predicted octanol–water partition coefficient (Wildman–Crippen LogP) is 14.2. The van der Waals surface area contributed by atoms with E-state index in [1.807, 2.05) is 21.1 Å². The summed E-state index contributed by atoms with van der Waals surface area (Å²) < 4.78 is 35.0. The van der Waals surface area contributed by atoms with Crippen molar-refractivity contribution in [1.29, 1.82) is 0 Å². The Labute approximate surface area is 368 Å². The number of hydrogen-bond acceptors (Lipinski definition) is 6. The Morgan fingerprint density at radius 3 is 1.47 bits per heavy atom. The summed E-state index contributed by atoms with van der Waals surface area (Å²) in [6.07, 6.45) is 58.8. The van der Waals surface area contributed by atoms with Gasteiger partial charge in [0.2, 0.25) is 0 Å². The summed E-state index contributed by atoms with van der Waals surface area (Å²) in [6, 6.07) is 0. The highest BCUT2D eigenvalue weighted by Crippen LogP contribution is 2.43. The quantitative estimate of drug-likeness (QED) is 0.0215. The lowest BCUT2D eigenvalue weighted by Gasteiger charge is -2.24. The van der Waals surface area contributed by atoms with E-state index in [1.165, 1.54) is 70.6 Å². The molecule has 8 nitrogen and oxygen atoms in total. The lowest BCUT2D eigenvalue weighted by Crippen LogP contribution is -2.37. The van der Waals surface area contributed by atoms with Gasteiger partial charge in [-0.25, -0.2) is 4.57 Å². The molecule has 0 radical (unpaired) electrons. The Kier molecular flexibility index (Phi) is 41.2. The van der Waals surface area contributed by atoms with E-state index in [0.29, 0.717) is 24.1 Å². The zero-order valence-electron chi connectivity index (χ0n) is 38.9. The highest BCUT2D eigenvalue weighted by atomic mass is 31.2. The molecule has 0 amide bonds. The van der Waals surface area contributed by atoms with E-state index in [0.717, 1.165) is 64.2 Å². The van der Waals surface area contributed by atoms with Crippen molar-refractivity contribution in [3.8, 4) is 0 Å². The van der Waals surface area contributed by atoms with Crippen LogP contribution in [0.4, 0.5) is 0 Å². The van der Waals surface area contributed by atoms with E-state index >= 15 is 0 Å². The van der Waals surface area contributed by atoms with Gasteiger partial charge in [0.15, 0.2) is 0 Å². The SMILES string of the molecule is CC/C=C\C/C=C\C/C=C\C/C=C\C/C=C\C/C=C\C/C=C\CCCC(=O)OC(COCCCCCCCC/C=C\CCCCCCC)COP(=O)(O)OCC[N+](C)(C)C. The van der Waals surface area contributed by atoms with Gasteiger partial charge in [0.25, 0.3) is 0 Å². The average Bonchev–Trinajstić information content (AvgIpc) is 3.20. The first kappa shape index (κ1) is 57.4. The van der Waals surface area contributed by atoms with Crippen LogP contribution in [0.2, 0.25) is 0 Å².